The van der Waals surface area contributed by atoms with E-state index in [1.165, 1.54) is 0 Å². The highest BCUT2D eigenvalue weighted by molar-refractivity contribution is 6.01. The van der Waals surface area contributed by atoms with E-state index in [0.29, 0.717) is 42.7 Å². The third-order valence-corrected chi connectivity index (χ3v) is 6.27. The van der Waals surface area contributed by atoms with Gasteiger partial charge in [-0.1, -0.05) is 6.07 Å². The Bertz CT molecular complexity index is 955. The number of aromatic nitrogens is 2. The van der Waals surface area contributed by atoms with E-state index in [-0.39, 0.29) is 17.4 Å². The Morgan fingerprint density at radius 3 is 2.72 bits per heavy atom. The largest absolute Gasteiger partial charge is 0.366 e. The molecule has 0 bridgehead atoms. The number of hydrogen-bond acceptors (Lipinski definition) is 4. The number of aromatic amines is 1. The monoisotopic (exact) mass is 395 g/mol. The van der Waals surface area contributed by atoms with E-state index in [4.69, 9.17) is 5.73 Å². The Kier molecular flexibility index (Phi) is 4.86. The molecule has 8 heteroatoms. The Hall–Kier alpha value is -3.16. The van der Waals surface area contributed by atoms with Crippen LogP contribution in [-0.4, -0.2) is 62.9 Å². The summed E-state index contributed by atoms with van der Waals surface area (Å²) >= 11 is 0. The number of carbonyl (C=O) groups excluding carboxylic acids is 3. The molecule has 2 aliphatic rings. The number of benzene rings is 1. The molecule has 152 valence electrons. The summed E-state index contributed by atoms with van der Waals surface area (Å²) in [6.45, 7) is 3.60. The fraction of sp³-hybridized carbons (Fsp3) is 0.429. The number of nitrogens with zero attached hydrogens (tertiary/aromatic N) is 3. The van der Waals surface area contributed by atoms with Gasteiger partial charge in [-0.3, -0.25) is 19.5 Å². The summed E-state index contributed by atoms with van der Waals surface area (Å²) in [6.07, 6.45) is 6.24. The van der Waals surface area contributed by atoms with Crippen molar-refractivity contribution in [3.05, 3.63) is 52.8 Å². The summed E-state index contributed by atoms with van der Waals surface area (Å²) in [6, 6.07) is 5.07. The molecule has 2 fully saturated rings. The molecule has 2 aromatic rings. The first-order valence-corrected chi connectivity index (χ1v) is 9.88. The van der Waals surface area contributed by atoms with E-state index in [2.05, 4.69) is 10.2 Å². The molecule has 3 N–H and O–H groups in total. The van der Waals surface area contributed by atoms with Gasteiger partial charge in [-0.25, -0.2) is 0 Å². The van der Waals surface area contributed by atoms with Crippen LogP contribution in [0.2, 0.25) is 0 Å². The molecule has 3 heterocycles. The average Bonchev–Trinajstić information content (AvgIpc) is 3.44. The van der Waals surface area contributed by atoms with Crippen LogP contribution in [0, 0.1) is 6.92 Å². The lowest BCUT2D eigenvalue weighted by molar-refractivity contribution is -0.129. The predicted molar refractivity (Wildman–Crippen MR) is 106 cm³/mol. The van der Waals surface area contributed by atoms with Crippen molar-refractivity contribution in [2.75, 3.05) is 19.6 Å². The van der Waals surface area contributed by atoms with Crippen LogP contribution in [0.15, 0.2) is 30.6 Å². The van der Waals surface area contributed by atoms with Crippen LogP contribution in [-0.2, 0) is 11.2 Å². The van der Waals surface area contributed by atoms with Gasteiger partial charge in [-0.05, 0) is 49.4 Å². The van der Waals surface area contributed by atoms with Gasteiger partial charge >= 0.3 is 0 Å². The van der Waals surface area contributed by atoms with Crippen LogP contribution in [0.5, 0.6) is 0 Å². The van der Waals surface area contributed by atoms with Crippen molar-refractivity contribution < 1.29 is 14.4 Å². The molecule has 1 atom stereocenters. The minimum absolute atomic E-state index is 0.0504. The zero-order chi connectivity index (χ0) is 20.6. The van der Waals surface area contributed by atoms with E-state index in [1.807, 2.05) is 9.80 Å². The lowest BCUT2D eigenvalue weighted by Crippen LogP contribution is -2.50. The second-order valence-corrected chi connectivity index (χ2v) is 7.98. The zero-order valence-electron chi connectivity index (χ0n) is 16.5. The molecule has 4 rings (SSSR count). The lowest BCUT2D eigenvalue weighted by Gasteiger charge is -2.35. The van der Waals surface area contributed by atoms with Crippen molar-refractivity contribution >= 4 is 17.7 Å². The van der Waals surface area contributed by atoms with Gasteiger partial charge in [0.1, 0.15) is 0 Å². The van der Waals surface area contributed by atoms with Crippen LogP contribution in [0.1, 0.15) is 51.1 Å². The molecule has 29 heavy (non-hydrogen) atoms. The number of H-pyrrole nitrogens is 1. The summed E-state index contributed by atoms with van der Waals surface area (Å²) in [7, 11) is 0. The van der Waals surface area contributed by atoms with Gasteiger partial charge in [0.25, 0.3) is 5.91 Å². The van der Waals surface area contributed by atoms with Gasteiger partial charge in [0.05, 0.1) is 18.2 Å². The fourth-order valence-corrected chi connectivity index (χ4v) is 4.69. The number of amides is 3. The van der Waals surface area contributed by atoms with E-state index in [1.54, 1.807) is 37.5 Å². The van der Waals surface area contributed by atoms with Crippen LogP contribution in [0.3, 0.4) is 0 Å². The Morgan fingerprint density at radius 1 is 1.21 bits per heavy atom. The second-order valence-electron chi connectivity index (χ2n) is 7.98. The van der Waals surface area contributed by atoms with Gasteiger partial charge in [0.15, 0.2) is 0 Å². The minimum atomic E-state index is -0.537. The minimum Gasteiger partial charge on any atom is -0.366 e. The van der Waals surface area contributed by atoms with Crippen molar-refractivity contribution in [3.8, 4) is 0 Å². The highest BCUT2D eigenvalue weighted by Crippen LogP contribution is 2.39. The van der Waals surface area contributed by atoms with Gasteiger partial charge < -0.3 is 15.5 Å². The first kappa shape index (κ1) is 19.2. The number of hydrogen-bond donors (Lipinski definition) is 2. The summed E-state index contributed by atoms with van der Waals surface area (Å²) in [5.74, 6) is -0.577. The molecule has 2 aliphatic heterocycles. The number of carbonyl (C=O) groups is 3. The maximum atomic E-state index is 13.4. The van der Waals surface area contributed by atoms with Crippen molar-refractivity contribution in [1.29, 1.82) is 0 Å². The Labute approximate surface area is 169 Å². The number of primary amides is 1. The van der Waals surface area contributed by atoms with E-state index >= 15 is 0 Å². The normalized spacial score (nSPS) is 21.1. The fourth-order valence-electron chi connectivity index (χ4n) is 4.69. The first-order chi connectivity index (χ1) is 13.9. The summed E-state index contributed by atoms with van der Waals surface area (Å²) < 4.78 is 0. The van der Waals surface area contributed by atoms with Crippen LogP contribution in [0.25, 0.3) is 0 Å². The molecule has 1 aromatic heterocycles. The zero-order valence-corrected chi connectivity index (χ0v) is 16.5. The van der Waals surface area contributed by atoms with Crippen molar-refractivity contribution in [3.63, 3.8) is 0 Å². The van der Waals surface area contributed by atoms with Crippen molar-refractivity contribution in [2.24, 2.45) is 5.73 Å². The van der Waals surface area contributed by atoms with Gasteiger partial charge in [0.2, 0.25) is 11.8 Å². The van der Waals surface area contributed by atoms with Gasteiger partial charge in [-0.2, -0.15) is 5.10 Å². The number of nitrogens with one attached hydrogen (secondary N) is 1. The Morgan fingerprint density at radius 2 is 2.00 bits per heavy atom. The Balaban J connectivity index is 1.54. The smallest absolute Gasteiger partial charge is 0.254 e. The molecule has 1 unspecified atom stereocenters. The van der Waals surface area contributed by atoms with Gasteiger partial charge in [-0.15, -0.1) is 0 Å². The third kappa shape index (κ3) is 3.39. The van der Waals surface area contributed by atoms with Crippen LogP contribution in [0.4, 0.5) is 0 Å². The second kappa shape index (κ2) is 7.35. The standard InChI is InChI=1S/C21H25N5O3/c1-14-16(19(22)28)4-2-5-17(14)20(29)26-8-3-6-21(26)7-9-25(13-21)18(27)10-15-11-23-24-12-15/h2,4-5,11-12H,3,6-10,13H2,1H3,(H2,22,28)(H,23,24). The maximum Gasteiger partial charge on any atom is 0.254 e. The third-order valence-electron chi connectivity index (χ3n) is 6.27. The van der Waals surface area contributed by atoms with Crippen molar-refractivity contribution in [1.82, 2.24) is 20.0 Å². The van der Waals surface area contributed by atoms with Crippen LogP contribution < -0.4 is 5.73 Å². The first-order valence-electron chi connectivity index (χ1n) is 9.88. The molecule has 0 radical (unpaired) electrons. The summed E-state index contributed by atoms with van der Waals surface area (Å²) in [4.78, 5) is 41.5. The highest BCUT2D eigenvalue weighted by atomic mass is 16.2. The highest BCUT2D eigenvalue weighted by Gasteiger charge is 2.49. The molecule has 2 saturated heterocycles. The average molecular weight is 395 g/mol. The predicted octanol–water partition coefficient (Wildman–Crippen LogP) is 1.27. The maximum absolute atomic E-state index is 13.4. The molecule has 0 aliphatic carbocycles. The summed E-state index contributed by atoms with van der Waals surface area (Å²) in [5, 5.41) is 6.61. The van der Waals surface area contributed by atoms with E-state index in [9.17, 15) is 14.4 Å². The number of rotatable bonds is 4. The molecule has 1 spiro atoms. The van der Waals surface area contributed by atoms with Gasteiger partial charge in [0, 0.05) is 37.0 Å². The van der Waals surface area contributed by atoms with Crippen LogP contribution >= 0.6 is 0 Å². The summed E-state index contributed by atoms with van der Waals surface area (Å²) in [5.41, 5.74) is 7.45. The lowest BCUT2D eigenvalue weighted by atomic mass is 9.93. The molecule has 8 nitrogen and oxygen atoms in total. The molecule has 1 aromatic carbocycles. The molecular formula is C21H25N5O3. The van der Waals surface area contributed by atoms with E-state index in [0.717, 1.165) is 24.8 Å². The molecule has 0 saturated carbocycles. The molecule has 3 amide bonds. The SMILES string of the molecule is Cc1c(C(N)=O)cccc1C(=O)N1CCCC12CCN(C(=O)Cc1cn[nH]c1)C2. The topological polar surface area (TPSA) is 112 Å². The number of nitrogens with two attached hydrogens (primary N) is 1. The number of likely N-dealkylation sites (tertiary alicyclic amines) is 2. The van der Waals surface area contributed by atoms with E-state index < -0.39 is 5.91 Å². The molecular weight excluding hydrogens is 370 g/mol. The quantitative estimate of drug-likeness (QED) is 0.812. The van der Waals surface area contributed by atoms with Crippen molar-refractivity contribution in [2.45, 2.75) is 38.1 Å².